The van der Waals surface area contributed by atoms with Gasteiger partial charge in [-0.1, -0.05) is 18.2 Å². The number of carbonyl (C=O) groups is 2. The number of rotatable bonds is 10. The number of hydrogen-bond donors (Lipinski definition) is 1. The second-order valence-corrected chi connectivity index (χ2v) is 6.41. The summed E-state index contributed by atoms with van der Waals surface area (Å²) in [7, 11) is 1.59. The molecule has 0 aromatic heterocycles. The van der Waals surface area contributed by atoms with Crippen molar-refractivity contribution in [3.05, 3.63) is 65.2 Å². The van der Waals surface area contributed by atoms with Gasteiger partial charge in [0.2, 0.25) is 5.91 Å². The number of nitrogens with zero attached hydrogens (tertiary/aromatic N) is 1. The summed E-state index contributed by atoms with van der Waals surface area (Å²) in [6, 6.07) is 10.9. The van der Waals surface area contributed by atoms with E-state index in [0.29, 0.717) is 18.4 Å². The molecule has 0 aliphatic rings. The van der Waals surface area contributed by atoms with E-state index >= 15 is 0 Å². The molecule has 2 aromatic carbocycles. The zero-order valence-electron chi connectivity index (χ0n) is 15.7. The lowest BCUT2D eigenvalue weighted by Crippen LogP contribution is -2.32. The first-order valence-corrected chi connectivity index (χ1v) is 8.95. The van der Waals surface area contributed by atoms with Crippen LogP contribution in [0.5, 0.6) is 5.75 Å². The van der Waals surface area contributed by atoms with Gasteiger partial charge in [0, 0.05) is 19.5 Å². The van der Waals surface area contributed by atoms with Gasteiger partial charge in [0.05, 0.1) is 13.5 Å². The minimum atomic E-state index is -1.03. The van der Waals surface area contributed by atoms with Crippen LogP contribution in [0.2, 0.25) is 0 Å². The second kappa shape index (κ2) is 10.4. The van der Waals surface area contributed by atoms with E-state index in [4.69, 9.17) is 9.84 Å². The molecule has 0 saturated heterocycles. The number of benzene rings is 2. The van der Waals surface area contributed by atoms with Crippen LogP contribution < -0.4 is 4.74 Å². The third kappa shape index (κ3) is 6.64. The normalized spacial score (nSPS) is 10.5. The minimum absolute atomic E-state index is 0.00962. The van der Waals surface area contributed by atoms with Crippen LogP contribution in [0.25, 0.3) is 0 Å². The summed E-state index contributed by atoms with van der Waals surface area (Å²) in [5.74, 6) is -2.46. The van der Waals surface area contributed by atoms with Crippen molar-refractivity contribution >= 4 is 11.9 Å². The summed E-state index contributed by atoms with van der Waals surface area (Å²) in [6.07, 6.45) is 1.30. The van der Waals surface area contributed by atoms with Crippen molar-refractivity contribution < 1.29 is 28.2 Å². The van der Waals surface area contributed by atoms with E-state index in [1.54, 1.807) is 7.11 Å². The molecule has 0 saturated carbocycles. The van der Waals surface area contributed by atoms with Gasteiger partial charge in [-0.25, -0.2) is 8.78 Å². The topological polar surface area (TPSA) is 66.8 Å². The SMILES string of the molecule is COc1ccc(CCCC(=O)N(CCC(=O)O)Cc2ccc(F)c(F)c2)cc1. The number of ether oxygens (including phenoxy) is 1. The van der Waals surface area contributed by atoms with Crippen LogP contribution in [0.15, 0.2) is 42.5 Å². The smallest absolute Gasteiger partial charge is 0.305 e. The Bertz CT molecular complexity index is 809. The molecule has 0 aliphatic carbocycles. The second-order valence-electron chi connectivity index (χ2n) is 6.41. The van der Waals surface area contributed by atoms with Crippen LogP contribution in [0.4, 0.5) is 8.78 Å². The zero-order chi connectivity index (χ0) is 20.5. The van der Waals surface area contributed by atoms with E-state index in [0.717, 1.165) is 23.4 Å². The molecule has 0 fully saturated rings. The summed E-state index contributed by atoms with van der Waals surface area (Å²) in [5, 5.41) is 8.90. The van der Waals surface area contributed by atoms with Crippen molar-refractivity contribution in [1.82, 2.24) is 4.90 Å². The van der Waals surface area contributed by atoms with Crippen LogP contribution in [-0.4, -0.2) is 35.5 Å². The van der Waals surface area contributed by atoms with Crippen molar-refractivity contribution in [3.63, 3.8) is 0 Å². The molecule has 0 aliphatic heterocycles. The van der Waals surface area contributed by atoms with E-state index < -0.39 is 17.6 Å². The minimum Gasteiger partial charge on any atom is -0.497 e. The Morgan fingerprint density at radius 3 is 2.29 bits per heavy atom. The Hall–Kier alpha value is -2.96. The molecule has 0 radical (unpaired) electrons. The predicted octanol–water partition coefficient (Wildman–Crippen LogP) is 3.80. The van der Waals surface area contributed by atoms with Crippen LogP contribution >= 0.6 is 0 Å². The third-order valence-electron chi connectivity index (χ3n) is 4.32. The summed E-state index contributed by atoms with van der Waals surface area (Å²) in [5.41, 5.74) is 1.47. The molecule has 2 aromatic rings. The molecule has 0 heterocycles. The first kappa shape index (κ1) is 21.3. The molecule has 0 bridgehead atoms. The highest BCUT2D eigenvalue weighted by Gasteiger charge is 2.16. The molecule has 28 heavy (non-hydrogen) atoms. The lowest BCUT2D eigenvalue weighted by atomic mass is 10.1. The van der Waals surface area contributed by atoms with Gasteiger partial charge in [-0.2, -0.15) is 0 Å². The Morgan fingerprint density at radius 1 is 1.00 bits per heavy atom. The fourth-order valence-electron chi connectivity index (χ4n) is 2.77. The van der Waals surface area contributed by atoms with Crippen LogP contribution in [0.3, 0.4) is 0 Å². The van der Waals surface area contributed by atoms with Crippen molar-refractivity contribution in [3.8, 4) is 5.75 Å². The van der Waals surface area contributed by atoms with E-state index in [9.17, 15) is 18.4 Å². The van der Waals surface area contributed by atoms with Crippen molar-refractivity contribution in [2.75, 3.05) is 13.7 Å². The molecule has 0 unspecified atom stereocenters. The van der Waals surface area contributed by atoms with Gasteiger partial charge < -0.3 is 14.7 Å². The molecule has 0 spiro atoms. The quantitative estimate of drug-likeness (QED) is 0.669. The van der Waals surface area contributed by atoms with Crippen LogP contribution in [0.1, 0.15) is 30.4 Å². The molecule has 0 atom stereocenters. The van der Waals surface area contributed by atoms with Gasteiger partial charge in [0.25, 0.3) is 0 Å². The summed E-state index contributed by atoms with van der Waals surface area (Å²) < 4.78 is 31.6. The van der Waals surface area contributed by atoms with E-state index in [1.807, 2.05) is 24.3 Å². The monoisotopic (exact) mass is 391 g/mol. The standard InChI is InChI=1S/C21H23F2NO4/c1-28-17-8-5-15(6-9-17)3-2-4-20(25)24(12-11-21(26)27)14-16-7-10-18(22)19(23)13-16/h5-10,13H,2-4,11-12,14H2,1H3,(H,26,27). The maximum Gasteiger partial charge on any atom is 0.305 e. The van der Waals surface area contributed by atoms with Gasteiger partial charge in [0.15, 0.2) is 11.6 Å². The number of aryl methyl sites for hydroxylation is 1. The highest BCUT2D eigenvalue weighted by molar-refractivity contribution is 5.77. The Balaban J connectivity index is 1.95. The molecular weight excluding hydrogens is 368 g/mol. The third-order valence-corrected chi connectivity index (χ3v) is 4.32. The fourth-order valence-corrected chi connectivity index (χ4v) is 2.77. The number of aliphatic carboxylic acids is 1. The maximum absolute atomic E-state index is 13.4. The van der Waals surface area contributed by atoms with E-state index in [-0.39, 0.29) is 31.8 Å². The first-order chi connectivity index (χ1) is 13.4. The van der Waals surface area contributed by atoms with E-state index in [1.165, 1.54) is 11.0 Å². The number of carboxylic acids is 1. The number of carbonyl (C=O) groups excluding carboxylic acids is 1. The predicted molar refractivity (Wildman–Crippen MR) is 100.0 cm³/mol. The van der Waals surface area contributed by atoms with Crippen molar-refractivity contribution in [2.24, 2.45) is 0 Å². The number of amides is 1. The maximum atomic E-state index is 13.4. The zero-order valence-corrected chi connectivity index (χ0v) is 15.7. The molecule has 2 rings (SSSR count). The number of halogens is 2. The average molecular weight is 391 g/mol. The Kier molecular flexibility index (Phi) is 7.92. The molecule has 5 nitrogen and oxygen atoms in total. The summed E-state index contributed by atoms with van der Waals surface area (Å²) in [4.78, 5) is 24.8. The molecule has 1 amide bonds. The Morgan fingerprint density at radius 2 is 1.68 bits per heavy atom. The summed E-state index contributed by atoms with van der Waals surface area (Å²) >= 11 is 0. The molecule has 7 heteroatoms. The van der Waals surface area contributed by atoms with Gasteiger partial charge in [0.1, 0.15) is 5.75 Å². The van der Waals surface area contributed by atoms with Gasteiger partial charge in [-0.15, -0.1) is 0 Å². The lowest BCUT2D eigenvalue weighted by molar-refractivity contribution is -0.138. The average Bonchev–Trinajstić information content (AvgIpc) is 2.68. The van der Waals surface area contributed by atoms with E-state index in [2.05, 4.69) is 0 Å². The summed E-state index contributed by atoms with van der Waals surface area (Å²) in [6.45, 7) is 0.0432. The number of methoxy groups -OCH3 is 1. The van der Waals surface area contributed by atoms with Crippen LogP contribution in [0, 0.1) is 11.6 Å². The highest BCUT2D eigenvalue weighted by Crippen LogP contribution is 2.15. The number of hydrogen-bond acceptors (Lipinski definition) is 3. The fraction of sp³-hybridized carbons (Fsp3) is 0.333. The van der Waals surface area contributed by atoms with Gasteiger partial charge >= 0.3 is 5.97 Å². The molecule has 1 N–H and O–H groups in total. The Labute approximate surface area is 162 Å². The molecular formula is C21H23F2NO4. The molecule has 150 valence electrons. The highest BCUT2D eigenvalue weighted by atomic mass is 19.2. The van der Waals surface area contributed by atoms with Crippen molar-refractivity contribution in [2.45, 2.75) is 32.2 Å². The lowest BCUT2D eigenvalue weighted by Gasteiger charge is -2.22. The van der Waals surface area contributed by atoms with Crippen molar-refractivity contribution in [1.29, 1.82) is 0 Å². The van der Waals surface area contributed by atoms with Crippen LogP contribution in [-0.2, 0) is 22.6 Å². The first-order valence-electron chi connectivity index (χ1n) is 8.95. The number of carboxylic acid groups (broad SMARTS) is 1. The largest absolute Gasteiger partial charge is 0.497 e. The van der Waals surface area contributed by atoms with Gasteiger partial charge in [-0.3, -0.25) is 9.59 Å². The van der Waals surface area contributed by atoms with Gasteiger partial charge in [-0.05, 0) is 48.2 Å².